The number of benzene rings is 3. The van der Waals surface area contributed by atoms with Crippen LogP contribution in [0.2, 0.25) is 0 Å². The molecule has 3 aromatic carbocycles. The standard InChI is InChI=1S/C54H56N8O6/c1-6-36-23-40-41(29-64)51-38-16-14-35(25-55)22-44(38)59-53(51)54(4,5)42(40)24-47(36)60-26-33(2)61(34(3)27-60)21-18-50(68)57-20-10-8-7-9-19-56-43-13-11-12-39-48(31-66)62(49(32-67)52(39)43)46-17-15-37(28-63)58-45(46)30-65/h11-14,16,22-24,33-34,46,56,58-59H,6-10,15,17-21,26-27H2,1-5H3,(H,57,68). The zero-order chi connectivity index (χ0) is 48.3. The van der Waals surface area contributed by atoms with Crippen molar-refractivity contribution in [1.29, 1.82) is 5.26 Å². The summed E-state index contributed by atoms with van der Waals surface area (Å²) in [6.07, 6.45) is 5.28. The lowest BCUT2D eigenvalue weighted by Crippen LogP contribution is -2.57. The number of nitriles is 1. The van der Waals surface area contributed by atoms with Gasteiger partial charge in [0, 0.05) is 107 Å². The summed E-state index contributed by atoms with van der Waals surface area (Å²) in [7, 11) is 0. The summed E-state index contributed by atoms with van der Waals surface area (Å²) in [6.45, 7) is 14.4. The van der Waals surface area contributed by atoms with Crippen LogP contribution < -0.4 is 31.5 Å². The third kappa shape index (κ3) is 8.56. The van der Waals surface area contributed by atoms with E-state index in [2.05, 4.69) is 89.5 Å². The molecule has 3 aliphatic rings. The minimum absolute atomic E-state index is 0.0325. The van der Waals surface area contributed by atoms with Gasteiger partial charge in [0.05, 0.1) is 23.2 Å². The molecule has 1 amide bonds. The van der Waals surface area contributed by atoms with Crippen LogP contribution in [-0.4, -0.2) is 94.9 Å². The SMILES string of the molecule is CCc1cc2c(cc1N1CC(C)N(CCC(=O)NCCCCCCNc3cccc4c(=C=O)n(C5CCC(=C=O)NC5=C=O)c(=C=O)c34)C(C)C1)C(C)(C)c1[nH]c3cc(C#N)ccc3c1C2=C=O. The maximum Gasteiger partial charge on any atom is 0.221 e. The van der Waals surface area contributed by atoms with Crippen molar-refractivity contribution >= 4 is 74.2 Å². The molecule has 2 fully saturated rings. The van der Waals surface area contributed by atoms with Crippen molar-refractivity contribution in [1.82, 2.24) is 25.1 Å². The second-order valence-electron chi connectivity index (χ2n) is 18.8. The minimum atomic E-state index is -0.727. The number of piperidine rings is 1. The fourth-order valence-electron chi connectivity index (χ4n) is 10.9. The Hall–Kier alpha value is -7.43. The first-order valence-electron chi connectivity index (χ1n) is 23.6. The molecular weight excluding hydrogens is 857 g/mol. The number of allylic oxidation sites excluding steroid dienone is 2. The Bertz CT molecular complexity index is 3200. The van der Waals surface area contributed by atoms with E-state index in [-0.39, 0.29) is 52.9 Å². The lowest BCUT2D eigenvalue weighted by molar-refractivity contribution is -0.121. The number of aromatic nitrogens is 2. The molecule has 2 aromatic heterocycles. The fourth-order valence-corrected chi connectivity index (χ4v) is 10.9. The van der Waals surface area contributed by atoms with Gasteiger partial charge in [0.15, 0.2) is 11.9 Å². The molecule has 348 valence electrons. The number of aromatic amines is 1. The van der Waals surface area contributed by atoms with Gasteiger partial charge in [0.25, 0.3) is 0 Å². The van der Waals surface area contributed by atoms with Crippen LogP contribution in [0.3, 0.4) is 0 Å². The van der Waals surface area contributed by atoms with Crippen molar-refractivity contribution in [3.8, 4) is 6.07 Å². The number of carbonyl (C=O) groups excluding carboxylic acids is 6. The number of nitrogens with one attached hydrogen (secondary N) is 4. The van der Waals surface area contributed by atoms with Gasteiger partial charge in [-0.3, -0.25) is 9.69 Å². The largest absolute Gasteiger partial charge is 0.384 e. The second-order valence-corrected chi connectivity index (χ2v) is 18.8. The van der Waals surface area contributed by atoms with Gasteiger partial charge < -0.3 is 30.4 Å². The number of unbranched alkanes of at least 4 members (excludes halogenated alkanes) is 3. The highest BCUT2D eigenvalue weighted by atomic mass is 16.1. The molecule has 2 aliphatic heterocycles. The number of piperazine rings is 1. The maximum atomic E-state index is 13.1. The van der Waals surface area contributed by atoms with E-state index in [0.29, 0.717) is 53.7 Å². The lowest BCUT2D eigenvalue weighted by atomic mass is 9.69. The Balaban J connectivity index is 0.820. The van der Waals surface area contributed by atoms with Crippen LogP contribution in [0.25, 0.3) is 27.2 Å². The molecule has 0 bridgehead atoms. The number of hydrogen-bond acceptors (Lipinski definition) is 11. The van der Waals surface area contributed by atoms with E-state index in [9.17, 15) is 34.0 Å². The van der Waals surface area contributed by atoms with E-state index in [1.54, 1.807) is 24.1 Å². The first-order chi connectivity index (χ1) is 32.9. The number of fused-ring (bicyclic) bond motifs is 5. The first-order valence-corrected chi connectivity index (χ1v) is 23.6. The van der Waals surface area contributed by atoms with Crippen molar-refractivity contribution < 1.29 is 28.8 Å². The van der Waals surface area contributed by atoms with Gasteiger partial charge in [-0.2, -0.15) is 5.26 Å². The molecule has 3 atom stereocenters. The molecule has 0 saturated carbocycles. The van der Waals surface area contributed by atoms with Crippen LogP contribution in [-0.2, 0) is 40.6 Å². The van der Waals surface area contributed by atoms with E-state index in [1.165, 1.54) is 15.8 Å². The summed E-state index contributed by atoms with van der Waals surface area (Å²) in [5.41, 5.74) is 8.52. The highest BCUT2D eigenvalue weighted by Crippen LogP contribution is 2.50. The molecule has 3 unspecified atom stereocenters. The normalized spacial score (nSPS) is 18.6. The Morgan fingerprint density at radius 3 is 2.29 bits per heavy atom. The topological polar surface area (TPSA) is 189 Å². The van der Waals surface area contributed by atoms with Gasteiger partial charge in [-0.1, -0.05) is 51.8 Å². The third-order valence-corrected chi connectivity index (χ3v) is 14.3. The highest BCUT2D eigenvalue weighted by molar-refractivity contribution is 6.10. The van der Waals surface area contributed by atoms with Gasteiger partial charge in [-0.05, 0) is 86.6 Å². The van der Waals surface area contributed by atoms with E-state index in [0.717, 1.165) is 78.5 Å². The number of H-pyrrole nitrogens is 1. The number of carbonyl (C=O) groups is 1. The van der Waals surface area contributed by atoms with E-state index < -0.39 is 11.5 Å². The smallest absolute Gasteiger partial charge is 0.221 e. The third-order valence-electron chi connectivity index (χ3n) is 14.3. The predicted octanol–water partition coefficient (Wildman–Crippen LogP) is 4.90. The predicted molar refractivity (Wildman–Crippen MR) is 262 cm³/mol. The Labute approximate surface area is 394 Å². The molecule has 1 aliphatic carbocycles. The van der Waals surface area contributed by atoms with Crippen molar-refractivity contribution in [2.24, 2.45) is 0 Å². The van der Waals surface area contributed by atoms with Gasteiger partial charge >= 0.3 is 0 Å². The number of nitrogens with zero attached hydrogens (tertiary/aromatic N) is 4. The number of amides is 1. The van der Waals surface area contributed by atoms with Crippen LogP contribution in [0.4, 0.5) is 11.4 Å². The average Bonchev–Trinajstić information content (AvgIpc) is 3.90. The fraction of sp³-hybridized carbons (Fsp3) is 0.407. The van der Waals surface area contributed by atoms with Crippen molar-refractivity contribution in [3.63, 3.8) is 0 Å². The van der Waals surface area contributed by atoms with E-state index >= 15 is 0 Å². The molecule has 4 heterocycles. The van der Waals surface area contributed by atoms with Crippen LogP contribution in [0.15, 0.2) is 59.9 Å². The number of rotatable bonds is 14. The van der Waals surface area contributed by atoms with Gasteiger partial charge in [0.1, 0.15) is 39.9 Å². The van der Waals surface area contributed by atoms with Crippen LogP contribution in [0.5, 0.6) is 0 Å². The maximum absolute atomic E-state index is 13.1. The van der Waals surface area contributed by atoms with Crippen LogP contribution in [0, 0.1) is 11.3 Å². The first kappa shape index (κ1) is 47.1. The van der Waals surface area contributed by atoms with E-state index in [1.807, 2.05) is 36.0 Å². The molecular formula is C54H56N8O6. The summed E-state index contributed by atoms with van der Waals surface area (Å²) >= 11 is 0. The zero-order valence-electron chi connectivity index (χ0n) is 39.3. The number of anilines is 2. The van der Waals surface area contributed by atoms with Gasteiger partial charge in [-0.25, -0.2) is 24.0 Å². The van der Waals surface area contributed by atoms with Gasteiger partial charge in [0.2, 0.25) is 5.91 Å². The summed E-state index contributed by atoms with van der Waals surface area (Å²) in [5, 5.41) is 21.0. The molecule has 8 rings (SSSR count). The monoisotopic (exact) mass is 912 g/mol. The number of hydrogen-bond donors (Lipinski definition) is 4. The van der Waals surface area contributed by atoms with Crippen LogP contribution in [0.1, 0.15) is 119 Å². The quantitative estimate of drug-likeness (QED) is 0.0877. The van der Waals surface area contributed by atoms with E-state index in [4.69, 9.17) is 0 Å². The molecule has 14 heteroatoms. The summed E-state index contributed by atoms with van der Waals surface area (Å²) in [4.78, 5) is 82.0. The highest BCUT2D eigenvalue weighted by Gasteiger charge is 2.40. The summed E-state index contributed by atoms with van der Waals surface area (Å²) < 4.78 is 1.46. The Morgan fingerprint density at radius 1 is 0.868 bits per heavy atom. The molecule has 0 radical (unpaired) electrons. The van der Waals surface area contributed by atoms with Crippen molar-refractivity contribution in [3.05, 3.63) is 104 Å². The molecule has 14 nitrogen and oxygen atoms in total. The molecule has 0 spiro atoms. The number of aryl methyl sites for hydroxylation is 1. The lowest BCUT2D eigenvalue weighted by Gasteiger charge is -2.46. The molecule has 2 saturated heterocycles. The van der Waals surface area contributed by atoms with Crippen molar-refractivity contribution in [2.75, 3.05) is 42.9 Å². The minimum Gasteiger partial charge on any atom is -0.384 e. The average molecular weight is 913 g/mol. The summed E-state index contributed by atoms with van der Waals surface area (Å²) in [6, 6.07) is 17.3. The summed E-state index contributed by atoms with van der Waals surface area (Å²) in [5.74, 6) is 9.86. The van der Waals surface area contributed by atoms with Crippen molar-refractivity contribution in [2.45, 2.75) is 110 Å². The molecule has 68 heavy (non-hydrogen) atoms. The second kappa shape index (κ2) is 19.8. The molecule has 5 aromatic rings. The Morgan fingerprint density at radius 2 is 1.62 bits per heavy atom. The van der Waals surface area contributed by atoms with Gasteiger partial charge in [-0.15, -0.1) is 0 Å². The van der Waals surface area contributed by atoms with Crippen LogP contribution >= 0.6 is 0 Å². The Kier molecular flexibility index (Phi) is 13.7. The molecule has 4 N–H and O–H groups in total. The zero-order valence-corrected chi connectivity index (χ0v) is 39.3.